The number of H-pyrrole nitrogens is 1. The van der Waals surface area contributed by atoms with Crippen LogP contribution >= 0.6 is 11.6 Å². The number of hydrogen-bond donors (Lipinski definition) is 1. The minimum absolute atomic E-state index is 0.0272. The lowest BCUT2D eigenvalue weighted by Crippen LogP contribution is -2.45. The molecule has 2 aliphatic rings. The largest absolute Gasteiger partial charge is 0.340 e. The van der Waals surface area contributed by atoms with E-state index in [0.29, 0.717) is 23.9 Å². The zero-order valence-electron chi connectivity index (χ0n) is 16.0. The van der Waals surface area contributed by atoms with Gasteiger partial charge in [-0.15, -0.1) is 0 Å². The van der Waals surface area contributed by atoms with Gasteiger partial charge in [-0.1, -0.05) is 17.7 Å². The summed E-state index contributed by atoms with van der Waals surface area (Å²) in [7, 11) is 2.10. The number of aromatic nitrogens is 2. The smallest absolute Gasteiger partial charge is 0.255 e. The van der Waals surface area contributed by atoms with Gasteiger partial charge in [-0.2, -0.15) is 0 Å². The quantitative estimate of drug-likeness (QED) is 0.845. The maximum Gasteiger partial charge on any atom is 0.255 e. The highest BCUT2D eigenvalue weighted by Crippen LogP contribution is 2.21. The maximum atomic E-state index is 13.3. The molecule has 3 heterocycles. The second-order valence-electron chi connectivity index (χ2n) is 7.62. The third-order valence-corrected chi connectivity index (χ3v) is 6.00. The van der Waals surface area contributed by atoms with Crippen molar-refractivity contribution in [3.63, 3.8) is 0 Å². The molecule has 0 atom stereocenters. The van der Waals surface area contributed by atoms with Crippen molar-refractivity contribution >= 4 is 17.5 Å². The maximum absolute atomic E-state index is 13.3. The Morgan fingerprint density at radius 1 is 1.14 bits per heavy atom. The Kier molecular flexibility index (Phi) is 5.66. The summed E-state index contributed by atoms with van der Waals surface area (Å²) >= 11 is 6.18. The van der Waals surface area contributed by atoms with Crippen molar-refractivity contribution < 1.29 is 4.39 Å². The fraction of sp³-hybridized carbons (Fsp3) is 0.500. The van der Waals surface area contributed by atoms with Crippen LogP contribution in [0.1, 0.15) is 16.8 Å². The Bertz CT molecular complexity index is 910. The molecule has 1 saturated heterocycles. The van der Waals surface area contributed by atoms with Crippen LogP contribution in [-0.2, 0) is 19.4 Å². The van der Waals surface area contributed by atoms with E-state index in [1.807, 2.05) is 0 Å². The molecule has 0 spiro atoms. The lowest BCUT2D eigenvalue weighted by molar-refractivity contribution is 0.279. The Morgan fingerprint density at radius 2 is 1.89 bits per heavy atom. The molecule has 150 valence electrons. The molecule has 2 aromatic rings. The van der Waals surface area contributed by atoms with Gasteiger partial charge in [-0.3, -0.25) is 14.7 Å². The van der Waals surface area contributed by atoms with Crippen LogP contribution in [0, 0.1) is 5.82 Å². The van der Waals surface area contributed by atoms with Crippen LogP contribution in [0.5, 0.6) is 0 Å². The number of aromatic amines is 1. The van der Waals surface area contributed by atoms with Gasteiger partial charge in [0.15, 0.2) is 0 Å². The second-order valence-corrected chi connectivity index (χ2v) is 8.02. The van der Waals surface area contributed by atoms with E-state index >= 15 is 0 Å². The van der Waals surface area contributed by atoms with Gasteiger partial charge >= 0.3 is 0 Å². The number of piperazine rings is 1. The molecule has 0 bridgehead atoms. The van der Waals surface area contributed by atoms with Crippen molar-refractivity contribution in [2.75, 3.05) is 51.2 Å². The molecule has 4 rings (SSSR count). The minimum Gasteiger partial charge on any atom is -0.340 e. The number of rotatable bonds is 3. The SMILES string of the molecule is CN1CCN(c2nc3c(c(=O)[nH]2)CCN(Cc2ccc(F)cc2Cl)CC3)CC1. The molecular formula is C20H25ClFN5O. The number of nitrogens with one attached hydrogen (secondary N) is 1. The van der Waals surface area contributed by atoms with Crippen LogP contribution in [0.3, 0.4) is 0 Å². The highest BCUT2D eigenvalue weighted by Gasteiger charge is 2.22. The minimum atomic E-state index is -0.329. The van der Waals surface area contributed by atoms with Gasteiger partial charge in [-0.25, -0.2) is 9.37 Å². The summed E-state index contributed by atoms with van der Waals surface area (Å²) in [6, 6.07) is 4.51. The van der Waals surface area contributed by atoms with Crippen LogP contribution in [0.2, 0.25) is 5.02 Å². The Hall–Kier alpha value is -1.96. The first-order chi connectivity index (χ1) is 13.5. The van der Waals surface area contributed by atoms with Crippen molar-refractivity contribution in [3.05, 3.63) is 56.2 Å². The number of likely N-dealkylation sites (N-methyl/N-ethyl adjacent to an activating group) is 1. The molecule has 0 aliphatic carbocycles. The number of anilines is 1. The van der Waals surface area contributed by atoms with E-state index in [1.165, 1.54) is 12.1 Å². The Balaban J connectivity index is 1.49. The van der Waals surface area contributed by atoms with Gasteiger partial charge in [0.05, 0.1) is 5.69 Å². The number of hydrogen-bond acceptors (Lipinski definition) is 5. The van der Waals surface area contributed by atoms with Gasteiger partial charge in [0.2, 0.25) is 5.95 Å². The first-order valence-electron chi connectivity index (χ1n) is 9.71. The lowest BCUT2D eigenvalue weighted by atomic mass is 10.1. The molecule has 0 saturated carbocycles. The normalized spacial score (nSPS) is 18.8. The predicted octanol–water partition coefficient (Wildman–Crippen LogP) is 1.92. The summed E-state index contributed by atoms with van der Waals surface area (Å²) in [6.45, 7) is 5.84. The van der Waals surface area contributed by atoms with E-state index in [4.69, 9.17) is 16.6 Å². The summed E-state index contributed by atoms with van der Waals surface area (Å²) in [5.74, 6) is 0.357. The average Bonchev–Trinajstić information content (AvgIpc) is 2.87. The van der Waals surface area contributed by atoms with E-state index in [0.717, 1.165) is 62.5 Å². The van der Waals surface area contributed by atoms with Gasteiger partial charge in [0.25, 0.3) is 5.56 Å². The standard InChI is InChI=1S/C20H25ClFN5O/c1-25-8-10-27(11-9-25)20-23-18-5-7-26(6-4-16(18)19(28)24-20)13-14-2-3-15(22)12-17(14)21/h2-3,12H,4-11,13H2,1H3,(H,23,24,28). The zero-order chi connectivity index (χ0) is 19.7. The number of benzene rings is 1. The molecule has 6 nitrogen and oxygen atoms in total. The molecule has 2 aliphatic heterocycles. The Morgan fingerprint density at radius 3 is 2.64 bits per heavy atom. The number of halogens is 2. The van der Waals surface area contributed by atoms with Gasteiger partial charge in [0, 0.05) is 62.8 Å². The predicted molar refractivity (Wildman–Crippen MR) is 109 cm³/mol. The number of nitrogens with zero attached hydrogens (tertiary/aromatic N) is 4. The van der Waals surface area contributed by atoms with E-state index in [-0.39, 0.29) is 11.4 Å². The van der Waals surface area contributed by atoms with E-state index in [1.54, 1.807) is 6.07 Å². The fourth-order valence-electron chi connectivity index (χ4n) is 3.86. The topological polar surface area (TPSA) is 55.5 Å². The van der Waals surface area contributed by atoms with Crippen LogP contribution in [0.4, 0.5) is 10.3 Å². The van der Waals surface area contributed by atoms with E-state index in [9.17, 15) is 9.18 Å². The molecule has 8 heteroatoms. The molecule has 1 aromatic heterocycles. The van der Waals surface area contributed by atoms with Crippen LogP contribution in [0.25, 0.3) is 0 Å². The highest BCUT2D eigenvalue weighted by atomic mass is 35.5. The van der Waals surface area contributed by atoms with Gasteiger partial charge < -0.3 is 9.80 Å². The fourth-order valence-corrected chi connectivity index (χ4v) is 4.09. The summed E-state index contributed by atoms with van der Waals surface area (Å²) < 4.78 is 13.3. The third-order valence-electron chi connectivity index (χ3n) is 5.64. The first-order valence-corrected chi connectivity index (χ1v) is 10.1. The zero-order valence-corrected chi connectivity index (χ0v) is 16.8. The molecule has 1 N–H and O–H groups in total. The summed E-state index contributed by atoms with van der Waals surface area (Å²) in [6.07, 6.45) is 1.37. The van der Waals surface area contributed by atoms with E-state index in [2.05, 4.69) is 26.7 Å². The summed E-state index contributed by atoms with van der Waals surface area (Å²) in [4.78, 5) is 27.2. The molecule has 1 aromatic carbocycles. The average molecular weight is 406 g/mol. The molecule has 1 fully saturated rings. The Labute approximate surface area is 168 Å². The van der Waals surface area contributed by atoms with Crippen LogP contribution in [0.15, 0.2) is 23.0 Å². The molecule has 0 radical (unpaired) electrons. The van der Waals surface area contributed by atoms with Crippen LogP contribution in [-0.4, -0.2) is 66.1 Å². The summed E-state index contributed by atoms with van der Waals surface area (Å²) in [5, 5.41) is 0.440. The van der Waals surface area contributed by atoms with Crippen LogP contribution < -0.4 is 10.5 Å². The van der Waals surface area contributed by atoms with Gasteiger partial charge in [0.1, 0.15) is 5.82 Å². The third kappa shape index (κ3) is 4.21. The lowest BCUT2D eigenvalue weighted by Gasteiger charge is -2.32. The molecule has 0 amide bonds. The summed E-state index contributed by atoms with van der Waals surface area (Å²) in [5.41, 5.74) is 2.55. The molecule has 0 unspecified atom stereocenters. The monoisotopic (exact) mass is 405 g/mol. The van der Waals surface area contributed by atoms with Crippen molar-refractivity contribution in [1.29, 1.82) is 0 Å². The molecule has 28 heavy (non-hydrogen) atoms. The molecular weight excluding hydrogens is 381 g/mol. The van der Waals surface area contributed by atoms with Crippen molar-refractivity contribution in [3.8, 4) is 0 Å². The van der Waals surface area contributed by atoms with E-state index < -0.39 is 0 Å². The second kappa shape index (κ2) is 8.19. The van der Waals surface area contributed by atoms with Crippen molar-refractivity contribution in [1.82, 2.24) is 19.8 Å². The first kappa shape index (κ1) is 19.4. The van der Waals surface area contributed by atoms with Crippen molar-refractivity contribution in [2.24, 2.45) is 0 Å². The van der Waals surface area contributed by atoms with Gasteiger partial charge in [-0.05, 0) is 31.2 Å². The highest BCUT2D eigenvalue weighted by molar-refractivity contribution is 6.31. The van der Waals surface area contributed by atoms with Crippen molar-refractivity contribution in [2.45, 2.75) is 19.4 Å². The number of fused-ring (bicyclic) bond motifs is 1.